The summed E-state index contributed by atoms with van der Waals surface area (Å²) in [5, 5.41) is 3.68. The fourth-order valence-corrected chi connectivity index (χ4v) is 3.97. The van der Waals surface area contributed by atoms with Gasteiger partial charge in [-0.3, -0.25) is 9.52 Å². The molecule has 5 nitrogen and oxygen atoms in total. The number of amides is 1. The lowest BCUT2D eigenvalue weighted by atomic mass is 10.2. The van der Waals surface area contributed by atoms with Gasteiger partial charge in [-0.15, -0.1) is 0 Å². The van der Waals surface area contributed by atoms with E-state index in [1.807, 2.05) is 24.3 Å². The van der Waals surface area contributed by atoms with Crippen molar-refractivity contribution < 1.29 is 13.2 Å². The molecule has 0 saturated carbocycles. The average molecular weight is 433 g/mol. The summed E-state index contributed by atoms with van der Waals surface area (Å²) in [4.78, 5) is 12.1. The van der Waals surface area contributed by atoms with E-state index in [9.17, 15) is 13.2 Å². The Morgan fingerprint density at radius 3 is 2.58 bits per heavy atom. The summed E-state index contributed by atoms with van der Waals surface area (Å²) >= 11 is 13.6. The molecule has 0 saturated heterocycles. The number of benzene rings is 2. The van der Waals surface area contributed by atoms with E-state index < -0.39 is 10.0 Å². The van der Waals surface area contributed by atoms with Gasteiger partial charge in [0.05, 0.1) is 17.0 Å². The minimum atomic E-state index is -3.42. The first kappa shape index (κ1) is 20.9. The molecule has 1 amide bonds. The molecule has 0 aromatic heterocycles. The van der Waals surface area contributed by atoms with Gasteiger partial charge >= 0.3 is 0 Å². The second-order valence-electron chi connectivity index (χ2n) is 5.51. The average Bonchev–Trinajstić information content (AvgIpc) is 2.55. The monoisotopic (exact) mass is 432 g/mol. The minimum Gasteiger partial charge on any atom is -0.351 e. The lowest BCUT2D eigenvalue weighted by Crippen LogP contribution is -2.25. The van der Waals surface area contributed by atoms with Gasteiger partial charge in [-0.2, -0.15) is 11.8 Å². The highest BCUT2D eigenvalue weighted by Gasteiger charge is 2.11. The van der Waals surface area contributed by atoms with Gasteiger partial charge in [0, 0.05) is 28.6 Å². The second kappa shape index (κ2) is 9.50. The fourth-order valence-electron chi connectivity index (χ4n) is 2.09. The van der Waals surface area contributed by atoms with Crippen molar-refractivity contribution in [1.82, 2.24) is 5.32 Å². The Kier molecular flexibility index (Phi) is 7.64. The molecule has 0 bridgehead atoms. The number of anilines is 1. The van der Waals surface area contributed by atoms with Crippen LogP contribution >= 0.6 is 35.0 Å². The smallest absolute Gasteiger partial charge is 0.251 e. The van der Waals surface area contributed by atoms with E-state index in [0.29, 0.717) is 17.1 Å². The fraction of sp³-hybridized carbons (Fsp3) is 0.235. The van der Waals surface area contributed by atoms with E-state index in [0.717, 1.165) is 23.3 Å². The van der Waals surface area contributed by atoms with Gasteiger partial charge in [-0.1, -0.05) is 35.3 Å². The van der Waals surface area contributed by atoms with Crippen LogP contribution in [0.25, 0.3) is 0 Å². The highest BCUT2D eigenvalue weighted by atomic mass is 35.5. The Morgan fingerprint density at radius 1 is 1.15 bits per heavy atom. The number of nitrogens with one attached hydrogen (secondary N) is 2. The number of sulfonamides is 1. The maximum absolute atomic E-state index is 12.1. The van der Waals surface area contributed by atoms with Crippen molar-refractivity contribution in [3.63, 3.8) is 0 Å². The minimum absolute atomic E-state index is 0.165. The predicted octanol–water partition coefficient (Wildman–Crippen LogP) is 4.03. The number of hydrogen-bond donors (Lipinski definition) is 2. The molecule has 0 spiro atoms. The molecule has 2 N–H and O–H groups in total. The predicted molar refractivity (Wildman–Crippen MR) is 110 cm³/mol. The first-order chi connectivity index (χ1) is 12.2. The normalized spacial score (nSPS) is 11.2. The molecule has 0 radical (unpaired) electrons. The third-order valence-corrected chi connectivity index (χ3v) is 5.39. The number of rotatable bonds is 8. The van der Waals surface area contributed by atoms with Gasteiger partial charge in [0.25, 0.3) is 5.91 Å². The van der Waals surface area contributed by atoms with E-state index in [1.54, 1.807) is 11.8 Å². The number of carbonyl (C=O) groups is 1. The van der Waals surface area contributed by atoms with E-state index in [4.69, 9.17) is 23.2 Å². The summed E-state index contributed by atoms with van der Waals surface area (Å²) in [6.45, 7) is 0.505. The Hall–Kier alpha value is -1.41. The Labute approximate surface area is 167 Å². The van der Waals surface area contributed by atoms with Crippen molar-refractivity contribution in [3.05, 3.63) is 63.6 Å². The van der Waals surface area contributed by atoms with Crippen LogP contribution in [0.1, 0.15) is 15.9 Å². The molecule has 2 rings (SSSR count). The molecule has 0 aliphatic carbocycles. The summed E-state index contributed by atoms with van der Waals surface area (Å²) in [7, 11) is -3.42. The molecule has 0 heterocycles. The number of carbonyl (C=O) groups excluding carboxylic acids is 1. The summed E-state index contributed by atoms with van der Waals surface area (Å²) < 4.78 is 24.8. The van der Waals surface area contributed by atoms with E-state index in [-0.39, 0.29) is 16.6 Å². The van der Waals surface area contributed by atoms with Crippen LogP contribution in [-0.4, -0.2) is 32.9 Å². The molecular weight excluding hydrogens is 415 g/mol. The van der Waals surface area contributed by atoms with Gasteiger partial charge < -0.3 is 5.32 Å². The second-order valence-corrected chi connectivity index (χ2v) is 9.20. The molecule has 0 aliphatic heterocycles. The van der Waals surface area contributed by atoms with Crippen LogP contribution in [0.5, 0.6) is 0 Å². The molecule has 2 aromatic rings. The summed E-state index contributed by atoms with van der Waals surface area (Å²) in [6, 6.07) is 12.1. The Balaban J connectivity index is 1.80. The van der Waals surface area contributed by atoms with Crippen LogP contribution in [0, 0.1) is 0 Å². The van der Waals surface area contributed by atoms with E-state index in [2.05, 4.69) is 10.0 Å². The highest BCUT2D eigenvalue weighted by molar-refractivity contribution is 7.98. The van der Waals surface area contributed by atoms with Crippen LogP contribution in [-0.2, 0) is 15.8 Å². The number of hydrogen-bond acceptors (Lipinski definition) is 4. The molecule has 26 heavy (non-hydrogen) atoms. The SMILES string of the molecule is CS(=O)(=O)Nc1ccc(C(=O)NCCSCc2cccc(Cl)c2)cc1Cl. The van der Waals surface area contributed by atoms with E-state index in [1.165, 1.54) is 18.2 Å². The highest BCUT2D eigenvalue weighted by Crippen LogP contribution is 2.24. The van der Waals surface area contributed by atoms with E-state index >= 15 is 0 Å². The van der Waals surface area contributed by atoms with Gasteiger partial charge in [0.15, 0.2) is 0 Å². The maximum atomic E-state index is 12.1. The van der Waals surface area contributed by atoms with Crippen LogP contribution in [0.15, 0.2) is 42.5 Å². The third-order valence-electron chi connectivity index (χ3n) is 3.22. The molecule has 140 valence electrons. The van der Waals surface area contributed by atoms with Crippen LogP contribution < -0.4 is 10.0 Å². The lowest BCUT2D eigenvalue weighted by Gasteiger charge is -2.09. The van der Waals surface area contributed by atoms with Gasteiger partial charge in [-0.05, 0) is 35.9 Å². The zero-order valence-electron chi connectivity index (χ0n) is 14.0. The Bertz CT molecular complexity index is 889. The summed E-state index contributed by atoms with van der Waals surface area (Å²) in [5.41, 5.74) is 1.74. The molecule has 0 unspecified atom stereocenters. The van der Waals surface area contributed by atoms with Crippen LogP contribution in [0.3, 0.4) is 0 Å². The molecular formula is C17H18Cl2N2O3S2. The Morgan fingerprint density at radius 2 is 1.92 bits per heavy atom. The maximum Gasteiger partial charge on any atom is 0.251 e. The third kappa shape index (κ3) is 7.07. The van der Waals surface area contributed by atoms with Crippen LogP contribution in [0.2, 0.25) is 10.0 Å². The summed E-state index contributed by atoms with van der Waals surface area (Å²) in [6.07, 6.45) is 1.03. The van der Waals surface area contributed by atoms with Crippen molar-refractivity contribution >= 4 is 56.6 Å². The molecule has 0 aliphatic rings. The zero-order valence-corrected chi connectivity index (χ0v) is 17.1. The number of halogens is 2. The van der Waals surface area contributed by atoms with Gasteiger partial charge in [-0.25, -0.2) is 8.42 Å². The molecule has 0 atom stereocenters. The van der Waals surface area contributed by atoms with Crippen LogP contribution in [0.4, 0.5) is 5.69 Å². The summed E-state index contributed by atoms with van der Waals surface area (Å²) in [5.74, 6) is 1.30. The lowest BCUT2D eigenvalue weighted by molar-refractivity contribution is 0.0956. The van der Waals surface area contributed by atoms with Crippen molar-refractivity contribution in [1.29, 1.82) is 0 Å². The first-order valence-electron chi connectivity index (χ1n) is 7.62. The standard InChI is InChI=1S/C17H18Cl2N2O3S2/c1-26(23,24)21-16-6-5-13(10-15(16)19)17(22)20-7-8-25-11-12-3-2-4-14(18)9-12/h2-6,9-10,21H,7-8,11H2,1H3,(H,20,22). The quantitative estimate of drug-likeness (QED) is 0.617. The van der Waals surface area contributed by atoms with Crippen molar-refractivity contribution in [2.24, 2.45) is 0 Å². The van der Waals surface area contributed by atoms with Crippen molar-refractivity contribution in [2.75, 3.05) is 23.3 Å². The van der Waals surface area contributed by atoms with Crippen molar-refractivity contribution in [2.45, 2.75) is 5.75 Å². The van der Waals surface area contributed by atoms with Crippen molar-refractivity contribution in [3.8, 4) is 0 Å². The number of thioether (sulfide) groups is 1. The van der Waals surface area contributed by atoms with Gasteiger partial charge in [0.1, 0.15) is 0 Å². The largest absolute Gasteiger partial charge is 0.351 e. The molecule has 9 heteroatoms. The molecule has 2 aromatic carbocycles. The topological polar surface area (TPSA) is 75.3 Å². The molecule has 0 fully saturated rings. The zero-order chi connectivity index (χ0) is 19.2. The van der Waals surface area contributed by atoms with Gasteiger partial charge in [0.2, 0.25) is 10.0 Å². The first-order valence-corrected chi connectivity index (χ1v) is 11.4.